The summed E-state index contributed by atoms with van der Waals surface area (Å²) in [5, 5.41) is 1.75. The minimum absolute atomic E-state index is 0.441. The summed E-state index contributed by atoms with van der Waals surface area (Å²) < 4.78 is 0. The van der Waals surface area contributed by atoms with Crippen LogP contribution < -0.4 is 10.6 Å². The van der Waals surface area contributed by atoms with E-state index in [0.717, 1.165) is 25.1 Å². The van der Waals surface area contributed by atoms with Gasteiger partial charge in [0.2, 0.25) is 0 Å². The zero-order chi connectivity index (χ0) is 22.5. The number of nitrogens with two attached hydrogens (primary N) is 1. The Kier molecular flexibility index (Phi) is 7.48. The monoisotopic (exact) mass is 448 g/mol. The molecular weight excluding hydrogens is 412 g/mol. The van der Waals surface area contributed by atoms with Crippen molar-refractivity contribution in [2.75, 3.05) is 24.5 Å². The number of aryl methyl sites for hydroxylation is 1. The Labute approximate surface area is 197 Å². The third-order valence-electron chi connectivity index (χ3n) is 7.15. The number of hydrogen-bond acceptors (Lipinski definition) is 2. The van der Waals surface area contributed by atoms with Crippen molar-refractivity contribution in [2.45, 2.75) is 57.9 Å². The van der Waals surface area contributed by atoms with Crippen LogP contribution in [0.2, 0.25) is 0 Å². The molecule has 1 aromatic heterocycles. The highest BCUT2D eigenvalue weighted by Crippen LogP contribution is 2.35. The van der Waals surface area contributed by atoms with Gasteiger partial charge in [-0.2, -0.15) is 0 Å². The van der Waals surface area contributed by atoms with Gasteiger partial charge in [0.15, 0.2) is 5.11 Å². The summed E-state index contributed by atoms with van der Waals surface area (Å²) in [6.07, 6.45) is 7.91. The van der Waals surface area contributed by atoms with Crippen molar-refractivity contribution in [1.29, 1.82) is 0 Å². The Balaban J connectivity index is 1.48. The summed E-state index contributed by atoms with van der Waals surface area (Å²) in [5.74, 6) is 0.607. The number of likely N-dealkylation sites (tertiary alicyclic amines) is 1. The highest BCUT2D eigenvalue weighted by molar-refractivity contribution is 7.80. The van der Waals surface area contributed by atoms with Gasteiger partial charge in [-0.15, -0.1) is 0 Å². The molecule has 0 radical (unpaired) electrons. The number of hydrogen-bond donors (Lipinski definition) is 2. The number of rotatable bonds is 8. The van der Waals surface area contributed by atoms with E-state index in [-0.39, 0.29) is 0 Å². The highest BCUT2D eigenvalue weighted by atomic mass is 32.1. The van der Waals surface area contributed by atoms with Crippen molar-refractivity contribution in [1.82, 2.24) is 9.88 Å². The average molecular weight is 449 g/mol. The molecule has 32 heavy (non-hydrogen) atoms. The number of anilines is 1. The average Bonchev–Trinajstić information content (AvgIpc) is 3.25. The van der Waals surface area contributed by atoms with E-state index >= 15 is 0 Å². The molecule has 1 aliphatic rings. The van der Waals surface area contributed by atoms with E-state index in [1.54, 1.807) is 0 Å². The lowest BCUT2D eigenvalue weighted by Crippen LogP contribution is -2.39. The van der Waals surface area contributed by atoms with Gasteiger partial charge in [-0.25, -0.2) is 0 Å². The number of H-pyrrole nitrogens is 1. The van der Waals surface area contributed by atoms with Crippen molar-refractivity contribution in [3.8, 4) is 0 Å². The van der Waals surface area contributed by atoms with Crippen molar-refractivity contribution in [3.63, 3.8) is 0 Å². The lowest BCUT2D eigenvalue weighted by atomic mass is 9.88. The molecule has 2 heterocycles. The van der Waals surface area contributed by atoms with Crippen LogP contribution in [0.3, 0.4) is 0 Å². The van der Waals surface area contributed by atoms with Crippen LogP contribution in [0.25, 0.3) is 10.9 Å². The minimum Gasteiger partial charge on any atom is -0.376 e. The fourth-order valence-electron chi connectivity index (χ4n) is 5.00. The number of aromatic amines is 1. The highest BCUT2D eigenvalue weighted by Gasteiger charge is 2.25. The second-order valence-electron chi connectivity index (χ2n) is 9.12. The number of nitrogens with zero attached hydrogens (tertiary/aromatic N) is 2. The maximum absolute atomic E-state index is 6.15. The Hall–Kier alpha value is -2.37. The van der Waals surface area contributed by atoms with Gasteiger partial charge in [0.05, 0.1) is 0 Å². The number of fused-ring (bicyclic) bond motifs is 1. The zero-order valence-corrected chi connectivity index (χ0v) is 20.2. The van der Waals surface area contributed by atoms with E-state index in [2.05, 4.69) is 83.4 Å². The Morgan fingerprint density at radius 3 is 2.62 bits per heavy atom. The number of nitrogens with one attached hydrogen (secondary N) is 1. The molecule has 1 atom stereocenters. The van der Waals surface area contributed by atoms with Gasteiger partial charge in [0.25, 0.3) is 0 Å². The largest absolute Gasteiger partial charge is 0.376 e. The molecule has 0 spiro atoms. The molecule has 4 rings (SSSR count). The molecule has 1 saturated heterocycles. The van der Waals surface area contributed by atoms with Gasteiger partial charge in [0, 0.05) is 35.4 Å². The lowest BCUT2D eigenvalue weighted by molar-refractivity contribution is 0.158. The first-order valence-corrected chi connectivity index (χ1v) is 12.4. The molecule has 3 aromatic rings. The van der Waals surface area contributed by atoms with Crippen LogP contribution in [0, 0.1) is 0 Å². The maximum atomic E-state index is 6.15. The predicted molar refractivity (Wildman–Crippen MR) is 140 cm³/mol. The number of piperidine rings is 1. The topological polar surface area (TPSA) is 48.3 Å². The minimum atomic E-state index is 0.441. The predicted octanol–water partition coefficient (Wildman–Crippen LogP) is 5.83. The van der Waals surface area contributed by atoms with Crippen molar-refractivity contribution in [2.24, 2.45) is 5.73 Å². The van der Waals surface area contributed by atoms with Crippen LogP contribution in [0.4, 0.5) is 5.69 Å². The summed E-state index contributed by atoms with van der Waals surface area (Å²) in [6, 6.07) is 17.9. The summed E-state index contributed by atoms with van der Waals surface area (Å²) in [4.78, 5) is 8.21. The van der Waals surface area contributed by atoms with E-state index in [1.807, 2.05) is 0 Å². The molecule has 2 aromatic carbocycles. The van der Waals surface area contributed by atoms with Gasteiger partial charge < -0.3 is 20.5 Å². The van der Waals surface area contributed by atoms with Gasteiger partial charge >= 0.3 is 0 Å². The molecule has 0 bridgehead atoms. The zero-order valence-electron chi connectivity index (χ0n) is 19.4. The number of benzene rings is 2. The molecule has 1 aliphatic heterocycles. The quantitative estimate of drug-likeness (QED) is 0.426. The molecule has 0 aliphatic carbocycles. The molecule has 1 fully saturated rings. The normalized spacial score (nSPS) is 16.3. The summed E-state index contributed by atoms with van der Waals surface area (Å²) >= 11 is 5.43. The molecule has 1 unspecified atom stereocenters. The van der Waals surface area contributed by atoms with Crippen molar-refractivity contribution in [3.05, 3.63) is 65.9 Å². The van der Waals surface area contributed by atoms with E-state index in [1.165, 1.54) is 54.4 Å². The third-order valence-corrected chi connectivity index (χ3v) is 7.37. The molecule has 0 saturated carbocycles. The van der Waals surface area contributed by atoms with Crippen LogP contribution in [0.15, 0.2) is 54.7 Å². The Bertz CT molecular complexity index is 1020. The summed E-state index contributed by atoms with van der Waals surface area (Å²) in [5.41, 5.74) is 11.2. The number of thiocarbonyl (C=S) groups is 1. The Morgan fingerprint density at radius 1 is 1.19 bits per heavy atom. The second-order valence-corrected chi connectivity index (χ2v) is 9.54. The van der Waals surface area contributed by atoms with E-state index in [4.69, 9.17) is 18.0 Å². The molecular formula is C27H36N4S. The summed E-state index contributed by atoms with van der Waals surface area (Å²) in [7, 11) is 0. The number of aromatic nitrogens is 1. The van der Waals surface area contributed by atoms with Crippen molar-refractivity contribution >= 4 is 33.9 Å². The van der Waals surface area contributed by atoms with E-state index < -0.39 is 0 Å². The third kappa shape index (κ3) is 5.16. The van der Waals surface area contributed by atoms with E-state index in [9.17, 15) is 0 Å². The van der Waals surface area contributed by atoms with Crippen LogP contribution in [0.1, 0.15) is 56.6 Å². The first kappa shape index (κ1) is 22.8. The second kappa shape index (κ2) is 10.5. The van der Waals surface area contributed by atoms with Gasteiger partial charge in [-0.1, -0.05) is 37.3 Å². The SMILES string of the molecule is CCC(C)N1CCC(c2c[nH]c3ccc(N(CCCc4ccccc4)C(N)=S)cc23)CC1. The van der Waals surface area contributed by atoms with Gasteiger partial charge in [-0.3, -0.25) is 0 Å². The standard InChI is InChI=1S/C27H36N4S/c1-3-20(2)30-16-13-22(14-17-30)25-19-29-26-12-11-23(18-24(25)26)31(27(28)32)15-7-10-21-8-5-4-6-9-21/h4-6,8-9,11-12,18-20,22,29H,3,7,10,13-17H2,1-2H3,(H2,28,32). The molecule has 3 N–H and O–H groups in total. The van der Waals surface area contributed by atoms with Crippen LogP contribution in [0.5, 0.6) is 0 Å². The van der Waals surface area contributed by atoms with Crippen LogP contribution in [-0.2, 0) is 6.42 Å². The van der Waals surface area contributed by atoms with Gasteiger partial charge in [0.1, 0.15) is 0 Å². The van der Waals surface area contributed by atoms with E-state index in [0.29, 0.717) is 17.1 Å². The van der Waals surface area contributed by atoms with Gasteiger partial charge in [-0.05, 0) is 99.6 Å². The summed E-state index contributed by atoms with van der Waals surface area (Å²) in [6.45, 7) is 7.82. The lowest BCUT2D eigenvalue weighted by Gasteiger charge is -2.35. The molecule has 4 nitrogen and oxygen atoms in total. The fourth-order valence-corrected chi connectivity index (χ4v) is 5.19. The molecule has 5 heteroatoms. The molecule has 0 amide bonds. The van der Waals surface area contributed by atoms with Crippen LogP contribution >= 0.6 is 12.2 Å². The van der Waals surface area contributed by atoms with Crippen LogP contribution in [-0.4, -0.2) is 40.7 Å². The first-order chi connectivity index (χ1) is 15.6. The molecule has 170 valence electrons. The first-order valence-electron chi connectivity index (χ1n) is 12.0. The van der Waals surface area contributed by atoms with Crippen molar-refractivity contribution < 1.29 is 0 Å². The Morgan fingerprint density at radius 2 is 1.94 bits per heavy atom. The smallest absolute Gasteiger partial charge is 0.170 e. The fraction of sp³-hybridized carbons (Fsp3) is 0.444. The maximum Gasteiger partial charge on any atom is 0.170 e.